The number of amides is 1. The van der Waals surface area contributed by atoms with Gasteiger partial charge in [0.05, 0.1) is 31.2 Å². The number of hydrogen-bond acceptors (Lipinski definition) is 5. The van der Waals surface area contributed by atoms with E-state index in [4.69, 9.17) is 9.47 Å². The van der Waals surface area contributed by atoms with E-state index >= 15 is 0 Å². The fourth-order valence-corrected chi connectivity index (χ4v) is 4.44. The number of benzene rings is 2. The highest BCUT2D eigenvalue weighted by Crippen LogP contribution is 2.33. The molecule has 1 heterocycles. The monoisotopic (exact) mass is 404 g/mol. The van der Waals surface area contributed by atoms with Crippen LogP contribution in [0.1, 0.15) is 29.3 Å². The molecule has 0 radical (unpaired) electrons. The molecule has 1 amide bonds. The van der Waals surface area contributed by atoms with E-state index in [-0.39, 0.29) is 11.7 Å². The summed E-state index contributed by atoms with van der Waals surface area (Å²) in [5, 5.41) is 2.83. The van der Waals surface area contributed by atoms with E-state index < -0.39 is 10.0 Å². The van der Waals surface area contributed by atoms with Gasteiger partial charge in [-0.1, -0.05) is 6.07 Å². The zero-order valence-electron chi connectivity index (χ0n) is 16.2. The van der Waals surface area contributed by atoms with E-state index in [9.17, 15) is 13.2 Å². The molecule has 0 saturated carbocycles. The van der Waals surface area contributed by atoms with Crippen molar-refractivity contribution in [2.24, 2.45) is 0 Å². The van der Waals surface area contributed by atoms with Crippen LogP contribution in [0.5, 0.6) is 11.5 Å². The lowest BCUT2D eigenvalue weighted by Gasteiger charge is -2.30. The molecule has 2 aromatic carbocycles. The molecule has 0 aromatic heterocycles. The molecular weight excluding hydrogens is 380 g/mol. The third-order valence-electron chi connectivity index (χ3n) is 4.77. The van der Waals surface area contributed by atoms with Crippen LogP contribution in [0.3, 0.4) is 0 Å². The molecule has 1 aliphatic rings. The van der Waals surface area contributed by atoms with Gasteiger partial charge in [-0.2, -0.15) is 0 Å². The maximum Gasteiger partial charge on any atom is 0.259 e. The Morgan fingerprint density at radius 3 is 2.61 bits per heavy atom. The Hall–Kier alpha value is -2.74. The summed E-state index contributed by atoms with van der Waals surface area (Å²) in [7, 11) is -0.340. The van der Waals surface area contributed by atoms with Crippen LogP contribution in [0.15, 0.2) is 36.4 Å². The predicted octanol–water partition coefficient (Wildman–Crippen LogP) is 3.06. The number of ether oxygens (including phenoxy) is 2. The highest BCUT2D eigenvalue weighted by Gasteiger charge is 2.26. The molecule has 0 unspecified atom stereocenters. The minimum atomic E-state index is -3.36. The largest absolute Gasteiger partial charge is 0.497 e. The first-order valence-electron chi connectivity index (χ1n) is 9.06. The lowest BCUT2D eigenvalue weighted by Crippen LogP contribution is -2.36. The number of sulfonamides is 1. The molecule has 0 fully saturated rings. The first-order chi connectivity index (χ1) is 13.4. The van der Waals surface area contributed by atoms with E-state index in [1.54, 1.807) is 37.3 Å². The topological polar surface area (TPSA) is 84.9 Å². The Labute approximate surface area is 165 Å². The summed E-state index contributed by atoms with van der Waals surface area (Å²) in [5.74, 6) is 0.666. The van der Waals surface area contributed by atoms with Crippen molar-refractivity contribution in [1.82, 2.24) is 0 Å². The van der Waals surface area contributed by atoms with E-state index in [0.717, 1.165) is 18.4 Å². The number of rotatable bonds is 6. The van der Waals surface area contributed by atoms with Gasteiger partial charge < -0.3 is 14.8 Å². The molecule has 8 heteroatoms. The number of aryl methyl sites for hydroxylation is 1. The lowest BCUT2D eigenvalue weighted by molar-refractivity contribution is 0.102. The molecule has 28 heavy (non-hydrogen) atoms. The number of anilines is 2. The van der Waals surface area contributed by atoms with Gasteiger partial charge in [-0.25, -0.2) is 8.42 Å². The van der Waals surface area contributed by atoms with Crippen LogP contribution < -0.4 is 19.1 Å². The quantitative estimate of drug-likeness (QED) is 0.800. The number of methoxy groups -OCH3 is 2. The van der Waals surface area contributed by atoms with Gasteiger partial charge >= 0.3 is 0 Å². The molecule has 2 aromatic rings. The number of fused-ring (bicyclic) bond motifs is 1. The molecule has 0 saturated heterocycles. The molecule has 3 rings (SSSR count). The molecule has 0 bridgehead atoms. The van der Waals surface area contributed by atoms with Crippen molar-refractivity contribution in [1.29, 1.82) is 0 Å². The van der Waals surface area contributed by atoms with Crippen LogP contribution in [-0.4, -0.2) is 40.8 Å². The van der Waals surface area contributed by atoms with Gasteiger partial charge in [0, 0.05) is 18.3 Å². The number of hydrogen-bond donors (Lipinski definition) is 1. The summed E-state index contributed by atoms with van der Waals surface area (Å²) >= 11 is 0. The number of carbonyl (C=O) groups excluding carboxylic acids is 1. The fourth-order valence-electron chi connectivity index (χ4n) is 3.25. The minimum absolute atomic E-state index is 0.0338. The van der Waals surface area contributed by atoms with Gasteiger partial charge in [0.2, 0.25) is 10.0 Å². The third-order valence-corrected chi connectivity index (χ3v) is 6.55. The van der Waals surface area contributed by atoms with Crippen molar-refractivity contribution in [3.8, 4) is 11.5 Å². The van der Waals surface area contributed by atoms with Crippen molar-refractivity contribution >= 4 is 27.3 Å². The number of carbonyl (C=O) groups is 1. The molecule has 150 valence electrons. The van der Waals surface area contributed by atoms with Crippen molar-refractivity contribution in [3.05, 3.63) is 47.5 Å². The Kier molecular flexibility index (Phi) is 5.79. The van der Waals surface area contributed by atoms with Crippen LogP contribution >= 0.6 is 0 Å². The SMILES string of the molecule is CCS(=O)(=O)N1CCCc2ccc(NC(=O)c3ccc(OC)cc3OC)cc21. The van der Waals surface area contributed by atoms with Gasteiger partial charge in [0.25, 0.3) is 5.91 Å². The maximum atomic E-state index is 12.7. The summed E-state index contributed by atoms with van der Waals surface area (Å²) in [6, 6.07) is 10.3. The second-order valence-electron chi connectivity index (χ2n) is 6.44. The smallest absolute Gasteiger partial charge is 0.259 e. The van der Waals surface area contributed by atoms with E-state index in [1.165, 1.54) is 18.5 Å². The van der Waals surface area contributed by atoms with Crippen LogP contribution in [0.2, 0.25) is 0 Å². The normalized spacial score (nSPS) is 13.6. The predicted molar refractivity (Wildman–Crippen MR) is 109 cm³/mol. The van der Waals surface area contributed by atoms with Crippen LogP contribution in [0.25, 0.3) is 0 Å². The third kappa shape index (κ3) is 3.91. The average Bonchev–Trinajstić information content (AvgIpc) is 2.72. The standard InChI is InChI=1S/C20H24N2O5S/c1-4-28(24,25)22-11-5-6-14-7-8-15(12-18(14)22)21-20(23)17-10-9-16(26-2)13-19(17)27-3/h7-10,12-13H,4-6,11H2,1-3H3,(H,21,23). The van der Waals surface area contributed by atoms with E-state index in [2.05, 4.69) is 5.32 Å². The van der Waals surface area contributed by atoms with Gasteiger partial charge in [0.15, 0.2) is 0 Å². The minimum Gasteiger partial charge on any atom is -0.497 e. The van der Waals surface area contributed by atoms with Crippen molar-refractivity contribution < 1.29 is 22.7 Å². The van der Waals surface area contributed by atoms with Gasteiger partial charge in [0.1, 0.15) is 11.5 Å². The highest BCUT2D eigenvalue weighted by atomic mass is 32.2. The molecular formula is C20H24N2O5S. The Morgan fingerprint density at radius 1 is 1.14 bits per heavy atom. The maximum absolute atomic E-state index is 12.7. The zero-order valence-corrected chi connectivity index (χ0v) is 17.0. The van der Waals surface area contributed by atoms with Gasteiger partial charge in [-0.05, 0) is 49.6 Å². The van der Waals surface area contributed by atoms with Crippen molar-refractivity contribution in [2.45, 2.75) is 19.8 Å². The molecule has 1 N–H and O–H groups in total. The fraction of sp³-hybridized carbons (Fsp3) is 0.350. The second-order valence-corrected chi connectivity index (χ2v) is 8.62. The molecule has 0 atom stereocenters. The average molecular weight is 404 g/mol. The second kappa shape index (κ2) is 8.10. The Bertz CT molecular complexity index is 988. The Morgan fingerprint density at radius 2 is 1.93 bits per heavy atom. The molecule has 1 aliphatic heterocycles. The Balaban J connectivity index is 1.90. The summed E-state index contributed by atoms with van der Waals surface area (Å²) in [6.45, 7) is 2.08. The zero-order chi connectivity index (χ0) is 20.3. The van der Waals surface area contributed by atoms with Crippen molar-refractivity contribution in [2.75, 3.05) is 36.1 Å². The van der Waals surface area contributed by atoms with Crippen LogP contribution in [0, 0.1) is 0 Å². The van der Waals surface area contributed by atoms with E-state index in [1.807, 2.05) is 6.07 Å². The van der Waals surface area contributed by atoms with Crippen LogP contribution in [0.4, 0.5) is 11.4 Å². The van der Waals surface area contributed by atoms with Gasteiger partial charge in [-0.15, -0.1) is 0 Å². The first-order valence-corrected chi connectivity index (χ1v) is 10.7. The summed E-state index contributed by atoms with van der Waals surface area (Å²) in [6.07, 6.45) is 1.59. The number of nitrogens with one attached hydrogen (secondary N) is 1. The molecule has 0 spiro atoms. The molecule has 7 nitrogen and oxygen atoms in total. The summed E-state index contributed by atoms with van der Waals surface area (Å²) < 4.78 is 36.7. The first kappa shape index (κ1) is 20.0. The summed E-state index contributed by atoms with van der Waals surface area (Å²) in [4.78, 5) is 12.7. The molecule has 0 aliphatic carbocycles. The van der Waals surface area contributed by atoms with E-state index in [0.29, 0.717) is 35.0 Å². The lowest BCUT2D eigenvalue weighted by atomic mass is 10.0. The summed E-state index contributed by atoms with van der Waals surface area (Å²) in [5.41, 5.74) is 2.48. The highest BCUT2D eigenvalue weighted by molar-refractivity contribution is 7.92. The van der Waals surface area contributed by atoms with Gasteiger partial charge in [-0.3, -0.25) is 9.10 Å². The van der Waals surface area contributed by atoms with Crippen molar-refractivity contribution in [3.63, 3.8) is 0 Å². The van der Waals surface area contributed by atoms with Crippen LogP contribution in [-0.2, 0) is 16.4 Å². The number of nitrogens with zero attached hydrogens (tertiary/aromatic N) is 1.